The average molecular weight is 283 g/mol. The van der Waals surface area contributed by atoms with Crippen molar-refractivity contribution in [3.05, 3.63) is 0 Å². The fourth-order valence-corrected chi connectivity index (χ4v) is 3.13. The lowest BCUT2D eigenvalue weighted by Gasteiger charge is -2.28. The zero-order valence-electron chi connectivity index (χ0n) is 13.2. The molecular weight excluding hydrogens is 254 g/mol. The van der Waals surface area contributed by atoms with Crippen LogP contribution in [-0.4, -0.2) is 24.5 Å². The van der Waals surface area contributed by atoms with Crippen LogP contribution in [0, 0.1) is 5.92 Å². The van der Waals surface area contributed by atoms with E-state index < -0.39 is 5.54 Å². The van der Waals surface area contributed by atoms with Gasteiger partial charge in [0.2, 0.25) is 5.91 Å². The molecule has 116 valence electrons. The predicted molar refractivity (Wildman–Crippen MR) is 79.3 cm³/mol. The molecule has 0 aromatic rings. The minimum atomic E-state index is -0.884. The Bertz CT molecular complexity index is 322. The molecule has 1 atom stereocenters. The molecule has 1 aliphatic carbocycles. The van der Waals surface area contributed by atoms with Crippen LogP contribution in [0.3, 0.4) is 0 Å². The summed E-state index contributed by atoms with van der Waals surface area (Å²) in [6, 6.07) is 0. The van der Waals surface area contributed by atoms with Crippen molar-refractivity contribution in [2.75, 3.05) is 7.11 Å². The van der Waals surface area contributed by atoms with Crippen LogP contribution in [0.2, 0.25) is 0 Å². The van der Waals surface area contributed by atoms with E-state index >= 15 is 0 Å². The molecule has 0 saturated heterocycles. The fraction of sp³-hybridized carbons (Fsp3) is 0.875. The maximum atomic E-state index is 12.2. The molecule has 1 amide bonds. The van der Waals surface area contributed by atoms with E-state index in [0.29, 0.717) is 18.8 Å². The first-order valence-electron chi connectivity index (χ1n) is 7.91. The van der Waals surface area contributed by atoms with Gasteiger partial charge >= 0.3 is 5.97 Å². The number of carbonyl (C=O) groups excluding carboxylic acids is 2. The average Bonchev–Trinajstić information content (AvgIpc) is 2.66. The maximum Gasteiger partial charge on any atom is 0.331 e. The second-order valence-corrected chi connectivity index (χ2v) is 6.18. The van der Waals surface area contributed by atoms with Gasteiger partial charge in [0.1, 0.15) is 5.54 Å². The first kappa shape index (κ1) is 17.0. The van der Waals surface area contributed by atoms with Crippen molar-refractivity contribution in [2.24, 2.45) is 5.92 Å². The number of hydrogen-bond donors (Lipinski definition) is 1. The molecule has 0 aliphatic heterocycles. The first-order valence-corrected chi connectivity index (χ1v) is 7.91. The van der Waals surface area contributed by atoms with Crippen LogP contribution in [0.1, 0.15) is 71.6 Å². The molecule has 1 N–H and O–H groups in total. The van der Waals surface area contributed by atoms with E-state index in [-0.39, 0.29) is 11.9 Å². The Labute approximate surface area is 122 Å². The van der Waals surface area contributed by atoms with E-state index in [1.165, 1.54) is 32.8 Å². The van der Waals surface area contributed by atoms with Gasteiger partial charge in [-0.3, -0.25) is 4.79 Å². The molecule has 4 nitrogen and oxygen atoms in total. The Morgan fingerprint density at radius 1 is 1.20 bits per heavy atom. The van der Waals surface area contributed by atoms with Gasteiger partial charge in [-0.2, -0.15) is 0 Å². The molecule has 1 rings (SSSR count). The molecular formula is C16H29NO3. The second-order valence-electron chi connectivity index (χ2n) is 6.18. The third kappa shape index (κ3) is 5.14. The number of nitrogens with one attached hydrogen (secondary N) is 1. The lowest BCUT2D eigenvalue weighted by atomic mass is 9.93. The number of ether oxygens (including phenoxy) is 1. The Morgan fingerprint density at radius 3 is 2.30 bits per heavy atom. The van der Waals surface area contributed by atoms with Crippen molar-refractivity contribution < 1.29 is 14.3 Å². The van der Waals surface area contributed by atoms with Crippen LogP contribution in [0.4, 0.5) is 0 Å². The summed E-state index contributed by atoms with van der Waals surface area (Å²) in [5, 5.41) is 2.90. The number of esters is 1. The molecule has 0 heterocycles. The quantitative estimate of drug-likeness (QED) is 0.601. The van der Waals surface area contributed by atoms with Crippen LogP contribution in [0.25, 0.3) is 0 Å². The number of carbonyl (C=O) groups is 2. The number of amides is 1. The Balaban J connectivity index is 2.54. The summed E-state index contributed by atoms with van der Waals surface area (Å²) in [6.45, 7) is 3.76. The summed E-state index contributed by atoms with van der Waals surface area (Å²) < 4.78 is 4.83. The van der Waals surface area contributed by atoms with E-state index in [1.54, 1.807) is 6.92 Å². The molecule has 1 aliphatic rings. The van der Waals surface area contributed by atoms with Crippen molar-refractivity contribution in [3.63, 3.8) is 0 Å². The third-order valence-corrected chi connectivity index (χ3v) is 4.25. The van der Waals surface area contributed by atoms with Crippen molar-refractivity contribution in [3.8, 4) is 0 Å². The highest BCUT2D eigenvalue weighted by Crippen LogP contribution is 2.26. The van der Waals surface area contributed by atoms with Gasteiger partial charge in [0.15, 0.2) is 0 Å². The van der Waals surface area contributed by atoms with Crippen LogP contribution in [-0.2, 0) is 14.3 Å². The molecule has 0 aromatic carbocycles. The second kappa shape index (κ2) is 8.28. The minimum absolute atomic E-state index is 0.0155. The normalized spacial score (nSPS) is 19.8. The maximum absolute atomic E-state index is 12.2. The van der Waals surface area contributed by atoms with E-state index in [1.807, 2.05) is 6.92 Å². The largest absolute Gasteiger partial charge is 0.467 e. The van der Waals surface area contributed by atoms with Gasteiger partial charge < -0.3 is 10.1 Å². The van der Waals surface area contributed by atoms with Gasteiger partial charge in [-0.25, -0.2) is 4.79 Å². The highest BCUT2D eigenvalue weighted by atomic mass is 16.5. The van der Waals surface area contributed by atoms with Gasteiger partial charge in [-0.1, -0.05) is 39.0 Å². The van der Waals surface area contributed by atoms with Gasteiger partial charge in [-0.05, 0) is 32.1 Å². The van der Waals surface area contributed by atoms with Crippen LogP contribution in [0.5, 0.6) is 0 Å². The van der Waals surface area contributed by atoms with E-state index in [4.69, 9.17) is 4.74 Å². The monoisotopic (exact) mass is 283 g/mol. The fourth-order valence-electron chi connectivity index (χ4n) is 3.13. The summed E-state index contributed by atoms with van der Waals surface area (Å²) in [5.74, 6) is 0.104. The van der Waals surface area contributed by atoms with Gasteiger partial charge in [-0.15, -0.1) is 0 Å². The lowest BCUT2D eigenvalue weighted by Crippen LogP contribution is -2.53. The summed E-state index contributed by atoms with van der Waals surface area (Å²) in [4.78, 5) is 24.1. The lowest BCUT2D eigenvalue weighted by molar-refractivity contribution is -0.150. The van der Waals surface area contributed by atoms with Crippen molar-refractivity contribution in [1.82, 2.24) is 5.32 Å². The smallest absolute Gasteiger partial charge is 0.331 e. The minimum Gasteiger partial charge on any atom is -0.467 e. The molecule has 0 aromatic heterocycles. The highest BCUT2D eigenvalue weighted by molar-refractivity contribution is 5.87. The van der Waals surface area contributed by atoms with Gasteiger partial charge in [0.25, 0.3) is 0 Å². The predicted octanol–water partition coefficient (Wildman–Crippen LogP) is 3.19. The number of hydrogen-bond acceptors (Lipinski definition) is 3. The molecule has 0 bridgehead atoms. The number of rotatable bonds is 6. The van der Waals surface area contributed by atoms with Crippen LogP contribution in [0.15, 0.2) is 0 Å². The molecule has 1 saturated carbocycles. The molecule has 4 heteroatoms. The Kier molecular flexibility index (Phi) is 7.03. The van der Waals surface area contributed by atoms with Gasteiger partial charge in [0, 0.05) is 6.42 Å². The molecule has 0 radical (unpaired) electrons. The summed E-state index contributed by atoms with van der Waals surface area (Å²) in [6.07, 6.45) is 9.26. The SMILES string of the molecule is CCCC(C)(NC(=O)CC1CCCCCC1)C(=O)OC. The molecule has 1 fully saturated rings. The van der Waals surface area contributed by atoms with Crippen molar-refractivity contribution in [2.45, 2.75) is 77.2 Å². The summed E-state index contributed by atoms with van der Waals surface area (Å²) in [5.41, 5.74) is -0.884. The van der Waals surface area contributed by atoms with E-state index in [0.717, 1.165) is 19.3 Å². The topological polar surface area (TPSA) is 55.4 Å². The Hall–Kier alpha value is -1.06. The Morgan fingerprint density at radius 2 is 1.80 bits per heavy atom. The molecule has 20 heavy (non-hydrogen) atoms. The highest BCUT2D eigenvalue weighted by Gasteiger charge is 2.35. The van der Waals surface area contributed by atoms with Gasteiger partial charge in [0.05, 0.1) is 7.11 Å². The third-order valence-electron chi connectivity index (χ3n) is 4.25. The number of methoxy groups -OCH3 is 1. The zero-order chi connectivity index (χ0) is 15.0. The first-order chi connectivity index (χ1) is 9.51. The van der Waals surface area contributed by atoms with E-state index in [9.17, 15) is 9.59 Å². The van der Waals surface area contributed by atoms with E-state index in [2.05, 4.69) is 5.32 Å². The molecule has 1 unspecified atom stereocenters. The standard InChI is InChI=1S/C16H29NO3/c1-4-11-16(2,15(19)20-3)17-14(18)12-13-9-7-5-6-8-10-13/h13H,4-12H2,1-3H3,(H,17,18). The summed E-state index contributed by atoms with van der Waals surface area (Å²) >= 11 is 0. The molecule has 0 spiro atoms. The van der Waals surface area contributed by atoms with Crippen molar-refractivity contribution in [1.29, 1.82) is 0 Å². The van der Waals surface area contributed by atoms with Crippen LogP contribution >= 0.6 is 0 Å². The summed E-state index contributed by atoms with van der Waals surface area (Å²) in [7, 11) is 1.37. The van der Waals surface area contributed by atoms with Crippen LogP contribution < -0.4 is 5.32 Å². The van der Waals surface area contributed by atoms with Crippen molar-refractivity contribution >= 4 is 11.9 Å². The zero-order valence-corrected chi connectivity index (χ0v) is 13.2.